The minimum absolute atomic E-state index is 0.257. The molecular weight excluding hydrogens is 222 g/mol. The van der Waals surface area contributed by atoms with Crippen molar-refractivity contribution < 1.29 is 4.79 Å². The summed E-state index contributed by atoms with van der Waals surface area (Å²) >= 11 is 0. The van der Waals surface area contributed by atoms with E-state index in [4.69, 9.17) is 0 Å². The third kappa shape index (κ3) is 2.74. The van der Waals surface area contributed by atoms with Crippen LogP contribution in [0, 0.1) is 5.92 Å². The van der Waals surface area contributed by atoms with Crippen LogP contribution in [0.1, 0.15) is 42.4 Å². The van der Waals surface area contributed by atoms with Crippen molar-refractivity contribution in [1.82, 2.24) is 5.32 Å². The summed E-state index contributed by atoms with van der Waals surface area (Å²) in [6, 6.07) is 6.86. The highest BCUT2D eigenvalue weighted by Crippen LogP contribution is 2.28. The molecule has 0 unspecified atom stereocenters. The summed E-state index contributed by atoms with van der Waals surface area (Å²) in [7, 11) is 0. The number of amides is 1. The zero-order chi connectivity index (χ0) is 12.4. The fourth-order valence-corrected chi connectivity index (χ4v) is 2.76. The number of nitrogens with one attached hydrogen (secondary N) is 1. The molecule has 1 N–H and O–H groups in total. The first-order valence-corrected chi connectivity index (χ1v) is 7.21. The Labute approximate surface area is 109 Å². The predicted octanol–water partition coefficient (Wildman–Crippen LogP) is 2.63. The van der Waals surface area contributed by atoms with Gasteiger partial charge in [0.05, 0.1) is 0 Å². The van der Waals surface area contributed by atoms with Crippen LogP contribution in [0.5, 0.6) is 0 Å². The van der Waals surface area contributed by atoms with Crippen molar-refractivity contribution in [3.63, 3.8) is 0 Å². The average Bonchev–Trinajstić information content (AvgIpc) is 3.23. The molecule has 2 aliphatic carbocycles. The second kappa shape index (κ2) is 5.13. The van der Waals surface area contributed by atoms with Crippen molar-refractivity contribution in [3.05, 3.63) is 34.9 Å². The van der Waals surface area contributed by atoms with Crippen molar-refractivity contribution in [2.45, 2.75) is 44.9 Å². The van der Waals surface area contributed by atoms with Crippen LogP contribution in [0.3, 0.4) is 0 Å². The van der Waals surface area contributed by atoms with Crippen molar-refractivity contribution in [2.75, 3.05) is 6.54 Å². The molecule has 18 heavy (non-hydrogen) atoms. The van der Waals surface area contributed by atoms with Crippen LogP contribution >= 0.6 is 0 Å². The molecule has 1 amide bonds. The number of carbonyl (C=O) groups excluding carboxylic acids is 1. The van der Waals surface area contributed by atoms with Crippen molar-refractivity contribution in [2.24, 2.45) is 5.92 Å². The Hall–Kier alpha value is -1.31. The van der Waals surface area contributed by atoms with Crippen LogP contribution in [-0.2, 0) is 24.1 Å². The molecule has 0 heterocycles. The number of fused-ring (bicyclic) bond motifs is 1. The number of hydrogen-bond acceptors (Lipinski definition) is 1. The summed E-state index contributed by atoms with van der Waals surface area (Å²) in [5.74, 6) is 0.585. The van der Waals surface area contributed by atoms with E-state index < -0.39 is 0 Å². The summed E-state index contributed by atoms with van der Waals surface area (Å²) < 4.78 is 0. The fraction of sp³-hybridized carbons (Fsp3) is 0.562. The second-order valence-corrected chi connectivity index (χ2v) is 5.63. The minimum Gasteiger partial charge on any atom is -0.356 e. The lowest BCUT2D eigenvalue weighted by Gasteiger charge is -2.16. The third-order valence-corrected chi connectivity index (χ3v) is 4.07. The molecule has 1 fully saturated rings. The van der Waals surface area contributed by atoms with Gasteiger partial charge in [0.1, 0.15) is 0 Å². The largest absolute Gasteiger partial charge is 0.356 e. The Morgan fingerprint density at radius 1 is 1.17 bits per heavy atom. The summed E-state index contributed by atoms with van der Waals surface area (Å²) in [5, 5.41) is 3.03. The number of rotatable bonds is 4. The third-order valence-electron chi connectivity index (χ3n) is 4.07. The van der Waals surface area contributed by atoms with Gasteiger partial charge in [-0.1, -0.05) is 18.2 Å². The van der Waals surface area contributed by atoms with Gasteiger partial charge < -0.3 is 5.32 Å². The summed E-state index contributed by atoms with van der Waals surface area (Å²) in [6.07, 6.45) is 8.28. The quantitative estimate of drug-likeness (QED) is 0.865. The van der Waals surface area contributed by atoms with Crippen LogP contribution in [0.4, 0.5) is 0 Å². The van der Waals surface area contributed by atoms with Gasteiger partial charge in [0.25, 0.3) is 0 Å². The van der Waals surface area contributed by atoms with Gasteiger partial charge >= 0.3 is 0 Å². The van der Waals surface area contributed by atoms with Crippen LogP contribution in [-0.4, -0.2) is 12.5 Å². The highest BCUT2D eigenvalue weighted by atomic mass is 16.2. The van der Waals surface area contributed by atoms with E-state index in [1.807, 2.05) is 0 Å². The Morgan fingerprint density at radius 2 is 1.94 bits per heavy atom. The van der Waals surface area contributed by atoms with Gasteiger partial charge in [0.2, 0.25) is 5.91 Å². The lowest BCUT2D eigenvalue weighted by molar-refractivity contribution is -0.122. The van der Waals surface area contributed by atoms with Crippen molar-refractivity contribution in [1.29, 1.82) is 0 Å². The molecule has 0 radical (unpaired) electrons. The molecule has 0 saturated heterocycles. The Bertz CT molecular complexity index is 448. The Kier molecular flexibility index (Phi) is 3.35. The summed E-state index contributed by atoms with van der Waals surface area (Å²) in [4.78, 5) is 11.5. The molecule has 0 spiro atoms. The van der Waals surface area contributed by atoms with E-state index in [1.165, 1.54) is 42.4 Å². The maximum Gasteiger partial charge on any atom is 0.223 e. The van der Waals surface area contributed by atoms with Gasteiger partial charge in [-0.2, -0.15) is 0 Å². The van der Waals surface area contributed by atoms with E-state index in [-0.39, 0.29) is 5.91 Å². The molecule has 0 aromatic heterocycles. The van der Waals surface area contributed by atoms with E-state index in [0.717, 1.165) is 25.8 Å². The zero-order valence-electron chi connectivity index (χ0n) is 10.9. The average molecular weight is 243 g/mol. The molecule has 3 rings (SSSR count). The van der Waals surface area contributed by atoms with Crippen LogP contribution in [0.15, 0.2) is 18.2 Å². The second-order valence-electron chi connectivity index (χ2n) is 5.63. The number of hydrogen-bond donors (Lipinski definition) is 1. The molecule has 2 nitrogen and oxygen atoms in total. The molecular formula is C16H21NO. The van der Waals surface area contributed by atoms with Gasteiger partial charge in [-0.15, -0.1) is 0 Å². The van der Waals surface area contributed by atoms with Crippen LogP contribution in [0.25, 0.3) is 0 Å². The molecule has 0 bridgehead atoms. The first kappa shape index (κ1) is 11.8. The van der Waals surface area contributed by atoms with Crippen LogP contribution < -0.4 is 5.32 Å². The van der Waals surface area contributed by atoms with Gasteiger partial charge in [-0.3, -0.25) is 4.79 Å². The normalized spacial score (nSPS) is 18.2. The minimum atomic E-state index is 0.257. The number of carbonyl (C=O) groups is 1. The smallest absolute Gasteiger partial charge is 0.223 e. The molecule has 1 aromatic carbocycles. The standard InChI is InChI=1S/C16H21NO/c18-16(14-7-8-14)17-10-9-12-5-6-13-3-1-2-4-15(13)11-12/h5-6,11,14H,1-4,7-10H2,(H,17,18). The van der Waals surface area contributed by atoms with Crippen LogP contribution in [0.2, 0.25) is 0 Å². The molecule has 0 atom stereocenters. The van der Waals surface area contributed by atoms with E-state index in [0.29, 0.717) is 5.92 Å². The van der Waals surface area contributed by atoms with Gasteiger partial charge in [0, 0.05) is 12.5 Å². The van der Waals surface area contributed by atoms with E-state index in [9.17, 15) is 4.79 Å². The van der Waals surface area contributed by atoms with Gasteiger partial charge in [-0.05, 0) is 61.6 Å². The summed E-state index contributed by atoms with van der Waals surface area (Å²) in [5.41, 5.74) is 4.44. The number of aryl methyl sites for hydroxylation is 2. The lowest BCUT2D eigenvalue weighted by Crippen LogP contribution is -2.26. The maximum absolute atomic E-state index is 11.5. The maximum atomic E-state index is 11.5. The van der Waals surface area contributed by atoms with Gasteiger partial charge in [-0.25, -0.2) is 0 Å². The Morgan fingerprint density at radius 3 is 2.72 bits per heavy atom. The lowest BCUT2D eigenvalue weighted by atomic mass is 9.90. The number of benzene rings is 1. The topological polar surface area (TPSA) is 29.1 Å². The fourth-order valence-electron chi connectivity index (χ4n) is 2.76. The van der Waals surface area contributed by atoms with Crippen molar-refractivity contribution >= 4 is 5.91 Å². The first-order chi connectivity index (χ1) is 8.83. The summed E-state index contributed by atoms with van der Waals surface area (Å²) in [6.45, 7) is 0.786. The zero-order valence-corrected chi connectivity index (χ0v) is 10.9. The van der Waals surface area contributed by atoms with Crippen molar-refractivity contribution in [3.8, 4) is 0 Å². The Balaban J connectivity index is 1.54. The molecule has 2 aliphatic rings. The molecule has 0 aliphatic heterocycles. The molecule has 1 saturated carbocycles. The predicted molar refractivity (Wildman–Crippen MR) is 72.5 cm³/mol. The first-order valence-electron chi connectivity index (χ1n) is 7.21. The monoisotopic (exact) mass is 243 g/mol. The highest BCUT2D eigenvalue weighted by molar-refractivity contribution is 5.80. The van der Waals surface area contributed by atoms with Gasteiger partial charge in [0.15, 0.2) is 0 Å². The van der Waals surface area contributed by atoms with E-state index in [1.54, 1.807) is 0 Å². The SMILES string of the molecule is O=C(NCCc1ccc2c(c1)CCCC2)C1CC1. The van der Waals surface area contributed by atoms with E-state index >= 15 is 0 Å². The molecule has 1 aromatic rings. The van der Waals surface area contributed by atoms with E-state index in [2.05, 4.69) is 23.5 Å². The highest BCUT2D eigenvalue weighted by Gasteiger charge is 2.28. The molecule has 2 heteroatoms. The molecule has 96 valence electrons.